The first kappa shape index (κ1) is 12.1. The van der Waals surface area contributed by atoms with E-state index in [2.05, 4.69) is 23.0 Å². The van der Waals surface area contributed by atoms with Crippen LogP contribution in [0.4, 0.5) is 0 Å². The summed E-state index contributed by atoms with van der Waals surface area (Å²) in [5.41, 5.74) is 7.79. The number of rotatable bonds is 5. The lowest BCUT2D eigenvalue weighted by Crippen LogP contribution is -2.29. The van der Waals surface area contributed by atoms with Gasteiger partial charge in [0, 0.05) is 20.1 Å². The maximum absolute atomic E-state index is 5.48. The average molecular weight is 226 g/mol. The summed E-state index contributed by atoms with van der Waals surface area (Å²) in [6, 6.07) is 2.12. The molecule has 1 aromatic heterocycles. The van der Waals surface area contributed by atoms with E-state index in [1.54, 1.807) is 0 Å². The van der Waals surface area contributed by atoms with Gasteiger partial charge in [-0.1, -0.05) is 19.1 Å². The van der Waals surface area contributed by atoms with E-state index >= 15 is 0 Å². The van der Waals surface area contributed by atoms with Gasteiger partial charge in [0.05, 0.1) is 16.4 Å². The average Bonchev–Trinajstić information content (AvgIpc) is 2.46. The van der Waals surface area contributed by atoms with Crippen LogP contribution in [0.5, 0.6) is 0 Å². The number of thiocarbonyl (C=S) groups is 1. The third kappa shape index (κ3) is 3.60. The van der Waals surface area contributed by atoms with Crippen LogP contribution in [0, 0.1) is 0 Å². The fourth-order valence-corrected chi connectivity index (χ4v) is 1.71. The fourth-order valence-electron chi connectivity index (χ4n) is 1.49. The fraction of sp³-hybridized carbons (Fsp3) is 0.600. The summed E-state index contributed by atoms with van der Waals surface area (Å²) in [6.45, 7) is 3.56. The van der Waals surface area contributed by atoms with E-state index < -0.39 is 0 Å². The zero-order valence-electron chi connectivity index (χ0n) is 9.53. The number of nitrogens with two attached hydrogens (primary N) is 1. The summed E-state index contributed by atoms with van der Waals surface area (Å²) in [5, 5.41) is 4.39. The lowest BCUT2D eigenvalue weighted by atomic mass is 10.3. The third-order valence-corrected chi connectivity index (χ3v) is 2.38. The van der Waals surface area contributed by atoms with Gasteiger partial charge >= 0.3 is 0 Å². The van der Waals surface area contributed by atoms with Crippen molar-refractivity contribution in [3.63, 3.8) is 0 Å². The van der Waals surface area contributed by atoms with Crippen molar-refractivity contribution in [2.24, 2.45) is 12.8 Å². The van der Waals surface area contributed by atoms with Gasteiger partial charge in [-0.2, -0.15) is 5.10 Å². The zero-order valence-corrected chi connectivity index (χ0v) is 10.3. The number of hydrogen-bond donors (Lipinski definition) is 1. The van der Waals surface area contributed by atoms with Crippen LogP contribution in [0.2, 0.25) is 0 Å². The van der Waals surface area contributed by atoms with Crippen LogP contribution >= 0.6 is 12.2 Å². The molecule has 1 aromatic rings. The van der Waals surface area contributed by atoms with E-state index in [0.29, 0.717) is 11.5 Å². The van der Waals surface area contributed by atoms with Gasteiger partial charge in [0.15, 0.2) is 0 Å². The van der Waals surface area contributed by atoms with Crippen molar-refractivity contribution in [3.8, 4) is 0 Å². The molecule has 84 valence electrons. The van der Waals surface area contributed by atoms with Crippen molar-refractivity contribution in [2.75, 3.05) is 13.6 Å². The van der Waals surface area contributed by atoms with Crippen LogP contribution in [-0.4, -0.2) is 33.3 Å². The van der Waals surface area contributed by atoms with Gasteiger partial charge in [-0.25, -0.2) is 0 Å². The Balaban J connectivity index is 2.63. The maximum Gasteiger partial charge on any atom is 0.0870 e. The van der Waals surface area contributed by atoms with Crippen LogP contribution < -0.4 is 5.73 Å². The van der Waals surface area contributed by atoms with E-state index in [4.69, 9.17) is 18.0 Å². The molecule has 0 saturated heterocycles. The number of aryl methyl sites for hydroxylation is 2. The zero-order chi connectivity index (χ0) is 11.4. The Morgan fingerprint density at radius 1 is 1.67 bits per heavy atom. The topological polar surface area (TPSA) is 47.1 Å². The monoisotopic (exact) mass is 226 g/mol. The van der Waals surface area contributed by atoms with Crippen molar-refractivity contribution >= 4 is 17.2 Å². The summed E-state index contributed by atoms with van der Waals surface area (Å²) < 4.78 is 1.91. The third-order valence-electron chi connectivity index (χ3n) is 2.25. The maximum atomic E-state index is 5.48. The number of nitrogens with zero attached hydrogens (tertiary/aromatic N) is 3. The molecule has 1 rings (SSSR count). The largest absolute Gasteiger partial charge is 0.392 e. The van der Waals surface area contributed by atoms with Crippen LogP contribution in [-0.2, 0) is 20.0 Å². The Morgan fingerprint density at radius 3 is 2.80 bits per heavy atom. The predicted octanol–water partition coefficient (Wildman–Crippen LogP) is 0.700. The van der Waals surface area contributed by atoms with Gasteiger partial charge in [-0.05, 0) is 19.5 Å². The smallest absolute Gasteiger partial charge is 0.0870 e. The molecular weight excluding hydrogens is 208 g/mol. The van der Waals surface area contributed by atoms with Crippen molar-refractivity contribution in [1.29, 1.82) is 0 Å². The molecule has 0 aliphatic heterocycles. The molecule has 0 unspecified atom stereocenters. The summed E-state index contributed by atoms with van der Waals surface area (Å²) in [6.07, 6.45) is 0.965. The Morgan fingerprint density at radius 2 is 2.33 bits per heavy atom. The minimum absolute atomic E-state index is 0.524. The van der Waals surface area contributed by atoms with E-state index in [1.165, 1.54) is 5.69 Å². The van der Waals surface area contributed by atoms with Crippen LogP contribution in [0.25, 0.3) is 0 Å². The molecule has 0 saturated carbocycles. The van der Waals surface area contributed by atoms with Crippen LogP contribution in [0.15, 0.2) is 6.07 Å². The quantitative estimate of drug-likeness (QED) is 0.751. The molecule has 0 amide bonds. The van der Waals surface area contributed by atoms with Crippen molar-refractivity contribution in [3.05, 3.63) is 17.5 Å². The Labute approximate surface area is 96.1 Å². The van der Waals surface area contributed by atoms with Gasteiger partial charge in [0.1, 0.15) is 0 Å². The summed E-state index contributed by atoms with van der Waals surface area (Å²) in [5.74, 6) is 0. The van der Waals surface area contributed by atoms with E-state index in [9.17, 15) is 0 Å². The van der Waals surface area contributed by atoms with Gasteiger partial charge in [0.2, 0.25) is 0 Å². The molecule has 0 spiro atoms. The predicted molar refractivity (Wildman–Crippen MR) is 65.7 cm³/mol. The molecule has 0 radical (unpaired) electrons. The van der Waals surface area contributed by atoms with Gasteiger partial charge < -0.3 is 5.73 Å². The van der Waals surface area contributed by atoms with Crippen molar-refractivity contribution < 1.29 is 0 Å². The highest BCUT2D eigenvalue weighted by atomic mass is 32.1. The first-order valence-electron chi connectivity index (χ1n) is 5.01. The second-order valence-corrected chi connectivity index (χ2v) is 4.27. The highest BCUT2D eigenvalue weighted by molar-refractivity contribution is 7.80. The molecule has 0 bridgehead atoms. The first-order valence-corrected chi connectivity index (χ1v) is 5.42. The normalized spacial score (nSPS) is 10.9. The second kappa shape index (κ2) is 5.23. The van der Waals surface area contributed by atoms with Crippen molar-refractivity contribution in [1.82, 2.24) is 14.7 Å². The minimum atomic E-state index is 0.524. The summed E-state index contributed by atoms with van der Waals surface area (Å²) in [4.78, 5) is 2.61. The Hall–Kier alpha value is -0.940. The van der Waals surface area contributed by atoms with Gasteiger partial charge in [-0.15, -0.1) is 0 Å². The molecular formula is C10H18N4S. The molecule has 0 aliphatic rings. The molecule has 0 fully saturated rings. The van der Waals surface area contributed by atoms with Crippen LogP contribution in [0.1, 0.15) is 18.3 Å². The Bertz CT molecular complexity index is 345. The highest BCUT2D eigenvalue weighted by Crippen LogP contribution is 2.06. The van der Waals surface area contributed by atoms with Crippen molar-refractivity contribution in [2.45, 2.75) is 19.9 Å². The molecule has 0 atom stereocenters. The molecule has 2 N–H and O–H groups in total. The van der Waals surface area contributed by atoms with E-state index in [-0.39, 0.29) is 0 Å². The van der Waals surface area contributed by atoms with Crippen LogP contribution in [0.3, 0.4) is 0 Å². The lowest BCUT2D eigenvalue weighted by Gasteiger charge is -2.15. The number of aromatic nitrogens is 2. The molecule has 15 heavy (non-hydrogen) atoms. The minimum Gasteiger partial charge on any atom is -0.392 e. The Kier molecular flexibility index (Phi) is 4.23. The van der Waals surface area contributed by atoms with Gasteiger partial charge in [0.25, 0.3) is 0 Å². The molecule has 1 heterocycles. The van der Waals surface area contributed by atoms with E-state index in [0.717, 1.165) is 18.7 Å². The highest BCUT2D eigenvalue weighted by Gasteiger charge is 2.07. The van der Waals surface area contributed by atoms with Gasteiger partial charge in [-0.3, -0.25) is 9.58 Å². The first-order chi connectivity index (χ1) is 7.02. The molecule has 5 heteroatoms. The lowest BCUT2D eigenvalue weighted by molar-refractivity contribution is 0.362. The second-order valence-electron chi connectivity index (χ2n) is 3.74. The summed E-state index contributed by atoms with van der Waals surface area (Å²) in [7, 11) is 3.96. The molecule has 0 aliphatic carbocycles. The number of hydrogen-bond acceptors (Lipinski definition) is 3. The number of likely N-dealkylation sites (N-methyl/N-ethyl adjacent to an activating group) is 1. The standard InChI is InChI=1S/C10H18N4S/c1-4-8-5-9(14(3)12-8)6-13(2)7-10(11)15/h5H,4,6-7H2,1-3H3,(H2,11,15). The SMILES string of the molecule is CCc1cc(CN(C)CC(N)=S)n(C)n1. The van der Waals surface area contributed by atoms with E-state index in [1.807, 2.05) is 18.8 Å². The molecule has 0 aromatic carbocycles. The summed E-state index contributed by atoms with van der Waals surface area (Å²) >= 11 is 4.86. The molecule has 4 nitrogen and oxygen atoms in total.